The molecule has 0 aliphatic carbocycles. The van der Waals surface area contributed by atoms with Gasteiger partial charge in [-0.25, -0.2) is 0 Å². The van der Waals surface area contributed by atoms with Crippen LogP contribution in [0.3, 0.4) is 0 Å². The van der Waals surface area contributed by atoms with E-state index in [4.69, 9.17) is 0 Å². The molecule has 0 aromatic rings. The summed E-state index contributed by atoms with van der Waals surface area (Å²) in [7, 11) is 1.68. The van der Waals surface area contributed by atoms with Crippen LogP contribution in [0.5, 0.6) is 0 Å². The summed E-state index contributed by atoms with van der Waals surface area (Å²) < 4.78 is 36.0. The number of carbonyl (C=O) groups excluding carboxylic acids is 1. The molecule has 118 valence electrons. The van der Waals surface area contributed by atoms with Gasteiger partial charge in [0, 0.05) is 26.2 Å². The third-order valence-corrected chi connectivity index (χ3v) is 3.64. The molecule has 1 fully saturated rings. The Bertz CT molecular complexity index is 302. The summed E-state index contributed by atoms with van der Waals surface area (Å²) >= 11 is 0. The number of hydrogen-bond acceptors (Lipinski definition) is 3. The Morgan fingerprint density at radius 3 is 2.45 bits per heavy atom. The van der Waals surface area contributed by atoms with Crippen LogP contribution in [0.25, 0.3) is 0 Å². The Morgan fingerprint density at radius 1 is 1.35 bits per heavy atom. The number of likely N-dealkylation sites (N-methyl/N-ethyl adjacent to an activating group) is 1. The first-order chi connectivity index (χ1) is 9.33. The lowest BCUT2D eigenvalue weighted by molar-refractivity contribution is -0.135. The van der Waals surface area contributed by atoms with Gasteiger partial charge < -0.3 is 15.1 Å². The molecule has 7 heteroatoms. The quantitative estimate of drug-likeness (QED) is 0.806. The second kappa shape index (κ2) is 7.83. The average Bonchev–Trinajstić information content (AvgIpc) is 2.37. The number of piperidine rings is 1. The maximum atomic E-state index is 12.0. The number of hydrogen-bond donors (Lipinski definition) is 1. The highest BCUT2D eigenvalue weighted by Crippen LogP contribution is 2.16. The van der Waals surface area contributed by atoms with E-state index in [1.165, 1.54) is 0 Å². The summed E-state index contributed by atoms with van der Waals surface area (Å²) in [5.41, 5.74) is 0. The van der Waals surface area contributed by atoms with Gasteiger partial charge in [0.15, 0.2) is 0 Å². The molecule has 1 aliphatic rings. The fourth-order valence-corrected chi connectivity index (χ4v) is 2.49. The summed E-state index contributed by atoms with van der Waals surface area (Å²) in [6.07, 6.45) is -1.38. The highest BCUT2D eigenvalue weighted by Gasteiger charge is 2.28. The maximum absolute atomic E-state index is 12.0. The molecule has 1 rings (SSSR count). The van der Waals surface area contributed by atoms with E-state index >= 15 is 0 Å². The first kappa shape index (κ1) is 17.2. The van der Waals surface area contributed by atoms with Gasteiger partial charge in [-0.2, -0.15) is 13.2 Å². The maximum Gasteiger partial charge on any atom is 0.401 e. The molecule has 0 unspecified atom stereocenters. The minimum atomic E-state index is -4.27. The molecular formula is C13H24F3N3O. The van der Waals surface area contributed by atoms with Crippen molar-refractivity contribution in [1.29, 1.82) is 0 Å². The third kappa shape index (κ3) is 6.09. The second-order valence-corrected chi connectivity index (χ2v) is 5.30. The fourth-order valence-electron chi connectivity index (χ4n) is 2.49. The summed E-state index contributed by atoms with van der Waals surface area (Å²) in [4.78, 5) is 15.8. The van der Waals surface area contributed by atoms with Gasteiger partial charge in [-0.15, -0.1) is 0 Å². The van der Waals surface area contributed by atoms with E-state index in [2.05, 4.69) is 17.1 Å². The molecule has 0 aromatic carbocycles. The van der Waals surface area contributed by atoms with Crippen molar-refractivity contribution in [2.75, 3.05) is 39.8 Å². The van der Waals surface area contributed by atoms with Crippen molar-refractivity contribution in [3.63, 3.8) is 0 Å². The van der Waals surface area contributed by atoms with E-state index in [0.29, 0.717) is 0 Å². The van der Waals surface area contributed by atoms with Crippen LogP contribution in [0, 0.1) is 0 Å². The van der Waals surface area contributed by atoms with Crippen molar-refractivity contribution in [2.45, 2.75) is 38.4 Å². The van der Waals surface area contributed by atoms with Gasteiger partial charge in [-0.1, -0.05) is 6.92 Å². The van der Waals surface area contributed by atoms with Gasteiger partial charge in [0.25, 0.3) is 0 Å². The highest BCUT2D eigenvalue weighted by atomic mass is 19.4. The van der Waals surface area contributed by atoms with Gasteiger partial charge in [0.1, 0.15) is 0 Å². The fraction of sp³-hybridized carbons (Fsp3) is 0.923. The monoisotopic (exact) mass is 295 g/mol. The largest absolute Gasteiger partial charge is 0.401 e. The Kier molecular flexibility index (Phi) is 6.75. The van der Waals surface area contributed by atoms with Crippen LogP contribution >= 0.6 is 0 Å². The number of nitrogens with one attached hydrogen (secondary N) is 1. The third-order valence-electron chi connectivity index (χ3n) is 3.64. The standard InChI is InChI=1S/C13H24F3N3O/c1-3-6-19-7-4-11(5-8-19)18(2)12(20)9-17-10-13(14,15)16/h11,17H,3-10H2,1-2H3. The smallest absolute Gasteiger partial charge is 0.342 e. The van der Waals surface area contributed by atoms with E-state index in [-0.39, 0.29) is 18.5 Å². The van der Waals surface area contributed by atoms with E-state index in [1.54, 1.807) is 11.9 Å². The van der Waals surface area contributed by atoms with Crippen molar-refractivity contribution < 1.29 is 18.0 Å². The second-order valence-electron chi connectivity index (χ2n) is 5.30. The van der Waals surface area contributed by atoms with Gasteiger partial charge in [-0.05, 0) is 25.8 Å². The van der Waals surface area contributed by atoms with Crippen molar-refractivity contribution in [1.82, 2.24) is 15.1 Å². The molecule has 0 saturated carbocycles. The topological polar surface area (TPSA) is 35.6 Å². The Balaban J connectivity index is 2.28. The van der Waals surface area contributed by atoms with Crippen molar-refractivity contribution in [2.24, 2.45) is 0 Å². The number of carbonyl (C=O) groups is 1. The van der Waals surface area contributed by atoms with E-state index in [9.17, 15) is 18.0 Å². The summed E-state index contributed by atoms with van der Waals surface area (Å²) in [5.74, 6) is -0.275. The number of halogens is 3. The molecule has 0 radical (unpaired) electrons. The first-order valence-corrected chi connectivity index (χ1v) is 7.09. The Morgan fingerprint density at radius 2 is 1.95 bits per heavy atom. The molecule has 0 atom stereocenters. The van der Waals surface area contributed by atoms with Crippen LogP contribution < -0.4 is 5.32 Å². The molecule has 20 heavy (non-hydrogen) atoms. The van der Waals surface area contributed by atoms with Crippen molar-refractivity contribution in [3.8, 4) is 0 Å². The van der Waals surface area contributed by atoms with Crippen LogP contribution in [0.2, 0.25) is 0 Å². The highest BCUT2D eigenvalue weighted by molar-refractivity contribution is 5.78. The minimum absolute atomic E-state index is 0.142. The lowest BCUT2D eigenvalue weighted by Crippen LogP contribution is -2.48. The Hall–Kier alpha value is -0.820. The zero-order valence-corrected chi connectivity index (χ0v) is 12.2. The number of rotatable bonds is 6. The van der Waals surface area contributed by atoms with Gasteiger partial charge in [0.2, 0.25) is 5.91 Å². The predicted octanol–water partition coefficient (Wildman–Crippen LogP) is 1.47. The normalized spacial score (nSPS) is 18.2. The zero-order valence-electron chi connectivity index (χ0n) is 12.2. The van der Waals surface area contributed by atoms with Crippen LogP contribution in [0.4, 0.5) is 13.2 Å². The van der Waals surface area contributed by atoms with Crippen LogP contribution in [-0.4, -0.2) is 67.7 Å². The summed E-state index contributed by atoms with van der Waals surface area (Å²) in [6, 6.07) is 0.142. The average molecular weight is 295 g/mol. The van der Waals surface area contributed by atoms with Crippen molar-refractivity contribution in [3.05, 3.63) is 0 Å². The molecule has 1 amide bonds. The molecule has 1 heterocycles. The van der Waals surface area contributed by atoms with E-state index in [1.807, 2.05) is 0 Å². The first-order valence-electron chi connectivity index (χ1n) is 7.09. The number of alkyl halides is 3. The minimum Gasteiger partial charge on any atom is -0.342 e. The molecule has 1 N–H and O–H groups in total. The molecular weight excluding hydrogens is 271 g/mol. The predicted molar refractivity (Wildman–Crippen MR) is 71.4 cm³/mol. The van der Waals surface area contributed by atoms with Gasteiger partial charge >= 0.3 is 6.18 Å². The zero-order chi connectivity index (χ0) is 15.2. The Labute approximate surface area is 118 Å². The number of amides is 1. The van der Waals surface area contributed by atoms with Crippen LogP contribution in [0.1, 0.15) is 26.2 Å². The summed E-state index contributed by atoms with van der Waals surface area (Å²) in [5, 5.41) is 2.15. The molecule has 0 aromatic heterocycles. The van der Waals surface area contributed by atoms with Crippen molar-refractivity contribution >= 4 is 5.91 Å². The number of nitrogens with zero attached hydrogens (tertiary/aromatic N) is 2. The molecule has 1 aliphatic heterocycles. The van der Waals surface area contributed by atoms with Crippen LogP contribution in [0.15, 0.2) is 0 Å². The van der Waals surface area contributed by atoms with E-state index < -0.39 is 12.7 Å². The molecule has 4 nitrogen and oxygen atoms in total. The van der Waals surface area contributed by atoms with Crippen LogP contribution in [-0.2, 0) is 4.79 Å². The molecule has 0 spiro atoms. The number of likely N-dealkylation sites (tertiary alicyclic amines) is 1. The lowest BCUT2D eigenvalue weighted by Gasteiger charge is -2.36. The van der Waals surface area contributed by atoms with Gasteiger partial charge in [-0.3, -0.25) is 4.79 Å². The molecule has 0 bridgehead atoms. The summed E-state index contributed by atoms with van der Waals surface area (Å²) in [6.45, 7) is 3.72. The lowest BCUT2D eigenvalue weighted by atomic mass is 10.0. The van der Waals surface area contributed by atoms with E-state index in [0.717, 1.165) is 38.9 Å². The van der Waals surface area contributed by atoms with Gasteiger partial charge in [0.05, 0.1) is 13.1 Å². The SMILES string of the molecule is CCCN1CCC(N(C)C(=O)CNCC(F)(F)F)CC1. The molecule has 1 saturated heterocycles.